The van der Waals surface area contributed by atoms with Gasteiger partial charge >= 0.3 is 0 Å². The lowest BCUT2D eigenvalue weighted by atomic mass is 10.1. The second-order valence-corrected chi connectivity index (χ2v) is 3.63. The van der Waals surface area contributed by atoms with Crippen LogP contribution in [0.5, 0.6) is 0 Å². The number of hydrogen-bond acceptors (Lipinski definition) is 0. The Morgan fingerprint density at radius 3 is 2.67 bits per heavy atom. The van der Waals surface area contributed by atoms with Crippen LogP contribution in [0, 0.1) is 0 Å². The smallest absolute Gasteiger partial charge is 0.0253 e. The minimum atomic E-state index is 1.07. The van der Waals surface area contributed by atoms with E-state index in [1.54, 1.807) is 0 Å². The average molecular weight is 221 g/mol. The first-order valence-electron chi connectivity index (χ1n) is 3.99. The predicted octanol–water partition coefficient (Wildman–Crippen LogP) is 3.79. The van der Waals surface area contributed by atoms with E-state index >= 15 is 0 Å². The highest BCUT2D eigenvalue weighted by atomic mass is 79.9. The Balaban J connectivity index is 2.46. The largest absolute Gasteiger partial charge is 0.0801 e. The van der Waals surface area contributed by atoms with Crippen molar-refractivity contribution >= 4 is 21.5 Å². The van der Waals surface area contributed by atoms with Gasteiger partial charge < -0.3 is 0 Å². The molecule has 0 nitrogen and oxygen atoms in total. The van der Waals surface area contributed by atoms with Gasteiger partial charge in [-0.05, 0) is 23.6 Å². The summed E-state index contributed by atoms with van der Waals surface area (Å²) in [5.74, 6) is 0. The Hall–Kier alpha value is -0.820. The van der Waals surface area contributed by atoms with Crippen molar-refractivity contribution in [2.24, 2.45) is 0 Å². The van der Waals surface area contributed by atoms with E-state index in [4.69, 9.17) is 0 Å². The maximum absolute atomic E-state index is 3.53. The van der Waals surface area contributed by atoms with E-state index < -0.39 is 0 Å². The highest BCUT2D eigenvalue weighted by molar-refractivity contribution is 9.10. The SMILES string of the molecule is Brc1ccccc1C1=CCC=C1. The van der Waals surface area contributed by atoms with Gasteiger partial charge in [-0.25, -0.2) is 0 Å². The van der Waals surface area contributed by atoms with Gasteiger partial charge in [0.15, 0.2) is 0 Å². The average Bonchev–Trinajstić information content (AvgIpc) is 2.57. The molecule has 0 heterocycles. The first-order valence-corrected chi connectivity index (χ1v) is 4.79. The van der Waals surface area contributed by atoms with Crippen molar-refractivity contribution in [3.8, 4) is 0 Å². The van der Waals surface area contributed by atoms with Crippen molar-refractivity contribution in [2.45, 2.75) is 6.42 Å². The Morgan fingerprint density at radius 1 is 1.17 bits per heavy atom. The molecule has 0 amide bonds. The van der Waals surface area contributed by atoms with Crippen LogP contribution in [0.3, 0.4) is 0 Å². The van der Waals surface area contributed by atoms with Gasteiger partial charge in [0.05, 0.1) is 0 Å². The molecule has 1 aliphatic carbocycles. The topological polar surface area (TPSA) is 0 Å². The molecule has 60 valence electrons. The molecular weight excluding hydrogens is 212 g/mol. The molecule has 0 spiro atoms. The van der Waals surface area contributed by atoms with Crippen molar-refractivity contribution in [1.29, 1.82) is 0 Å². The maximum atomic E-state index is 3.53. The van der Waals surface area contributed by atoms with E-state index in [-0.39, 0.29) is 0 Å². The normalized spacial score (nSPS) is 14.9. The summed E-state index contributed by atoms with van der Waals surface area (Å²) in [4.78, 5) is 0. The molecule has 1 aliphatic rings. The lowest BCUT2D eigenvalue weighted by Crippen LogP contribution is -1.79. The van der Waals surface area contributed by atoms with E-state index in [0.717, 1.165) is 6.42 Å². The number of halogens is 1. The third-order valence-corrected chi connectivity index (χ3v) is 2.65. The molecule has 0 bridgehead atoms. The Bertz CT molecular complexity index is 348. The van der Waals surface area contributed by atoms with Gasteiger partial charge in [-0.2, -0.15) is 0 Å². The molecule has 12 heavy (non-hydrogen) atoms. The summed E-state index contributed by atoms with van der Waals surface area (Å²) < 4.78 is 1.17. The van der Waals surface area contributed by atoms with Crippen LogP contribution in [0.4, 0.5) is 0 Å². The van der Waals surface area contributed by atoms with Crippen LogP contribution >= 0.6 is 15.9 Å². The van der Waals surface area contributed by atoms with Gasteiger partial charge in [0.1, 0.15) is 0 Å². The maximum Gasteiger partial charge on any atom is 0.0253 e. The number of rotatable bonds is 1. The molecule has 0 unspecified atom stereocenters. The first kappa shape index (κ1) is 7.81. The van der Waals surface area contributed by atoms with Gasteiger partial charge in [-0.15, -0.1) is 0 Å². The van der Waals surface area contributed by atoms with Crippen LogP contribution in [0.2, 0.25) is 0 Å². The molecule has 1 heteroatoms. The molecule has 0 atom stereocenters. The van der Waals surface area contributed by atoms with Crippen LogP contribution in [-0.2, 0) is 0 Å². The molecule has 2 rings (SSSR count). The van der Waals surface area contributed by atoms with Crippen molar-refractivity contribution in [3.05, 3.63) is 52.5 Å². The fourth-order valence-corrected chi connectivity index (χ4v) is 1.87. The molecule has 0 radical (unpaired) electrons. The van der Waals surface area contributed by atoms with Gasteiger partial charge in [0.2, 0.25) is 0 Å². The second-order valence-electron chi connectivity index (χ2n) is 2.78. The van der Waals surface area contributed by atoms with Crippen molar-refractivity contribution in [2.75, 3.05) is 0 Å². The first-order chi connectivity index (χ1) is 5.88. The summed E-state index contributed by atoms with van der Waals surface area (Å²) >= 11 is 3.53. The molecule has 1 aromatic carbocycles. The molecule has 1 aromatic rings. The number of hydrogen-bond donors (Lipinski definition) is 0. The zero-order chi connectivity index (χ0) is 8.39. The Kier molecular flexibility index (Phi) is 2.13. The van der Waals surface area contributed by atoms with E-state index in [1.807, 2.05) is 6.07 Å². The molecule has 0 saturated carbocycles. The lowest BCUT2D eigenvalue weighted by molar-refractivity contribution is 1.45. The standard InChI is InChI=1S/C11H9Br/c12-11-8-4-3-7-10(11)9-5-1-2-6-9/h1,3-8H,2H2. The third kappa shape index (κ3) is 1.37. The van der Waals surface area contributed by atoms with Crippen LogP contribution in [-0.4, -0.2) is 0 Å². The summed E-state index contributed by atoms with van der Waals surface area (Å²) in [5, 5.41) is 0. The molecule has 0 N–H and O–H groups in total. The summed E-state index contributed by atoms with van der Waals surface area (Å²) in [6.45, 7) is 0. The van der Waals surface area contributed by atoms with E-state index in [2.05, 4.69) is 52.4 Å². The molecule has 0 aromatic heterocycles. The number of allylic oxidation sites excluding steroid dienone is 4. The summed E-state index contributed by atoms with van der Waals surface area (Å²) in [7, 11) is 0. The molecular formula is C11H9Br. The minimum absolute atomic E-state index is 1.07. The number of benzene rings is 1. The lowest BCUT2D eigenvalue weighted by Gasteiger charge is -2.01. The molecule has 0 fully saturated rings. The monoisotopic (exact) mass is 220 g/mol. The zero-order valence-electron chi connectivity index (χ0n) is 6.63. The van der Waals surface area contributed by atoms with Crippen molar-refractivity contribution in [1.82, 2.24) is 0 Å². The predicted molar refractivity (Wildman–Crippen MR) is 55.9 cm³/mol. The summed E-state index contributed by atoms with van der Waals surface area (Å²) in [6, 6.07) is 8.30. The summed E-state index contributed by atoms with van der Waals surface area (Å²) in [6.07, 6.45) is 7.64. The van der Waals surface area contributed by atoms with Gasteiger partial charge in [0.25, 0.3) is 0 Å². The molecule has 0 saturated heterocycles. The van der Waals surface area contributed by atoms with Crippen molar-refractivity contribution < 1.29 is 0 Å². The second kappa shape index (κ2) is 3.28. The highest BCUT2D eigenvalue weighted by Crippen LogP contribution is 2.27. The Morgan fingerprint density at radius 2 is 2.00 bits per heavy atom. The fraction of sp³-hybridized carbons (Fsp3) is 0.0909. The van der Waals surface area contributed by atoms with E-state index in [9.17, 15) is 0 Å². The Labute approximate surface area is 80.7 Å². The van der Waals surface area contributed by atoms with Crippen molar-refractivity contribution in [3.63, 3.8) is 0 Å². The minimum Gasteiger partial charge on any atom is -0.0801 e. The highest BCUT2D eigenvalue weighted by Gasteiger charge is 2.03. The molecule has 0 aliphatic heterocycles. The fourth-order valence-electron chi connectivity index (χ4n) is 1.35. The van der Waals surface area contributed by atoms with E-state index in [0.29, 0.717) is 0 Å². The van der Waals surface area contributed by atoms with Gasteiger partial charge in [-0.1, -0.05) is 52.4 Å². The van der Waals surface area contributed by atoms with Gasteiger partial charge in [-0.3, -0.25) is 0 Å². The van der Waals surface area contributed by atoms with Crippen LogP contribution in [0.25, 0.3) is 5.57 Å². The van der Waals surface area contributed by atoms with E-state index in [1.165, 1.54) is 15.6 Å². The quantitative estimate of drug-likeness (QED) is 0.676. The third-order valence-electron chi connectivity index (χ3n) is 1.96. The zero-order valence-corrected chi connectivity index (χ0v) is 8.21. The van der Waals surface area contributed by atoms with Gasteiger partial charge in [0, 0.05) is 4.47 Å². The van der Waals surface area contributed by atoms with Crippen LogP contribution in [0.15, 0.2) is 47.0 Å². The summed E-state index contributed by atoms with van der Waals surface area (Å²) in [5.41, 5.74) is 2.61. The van der Waals surface area contributed by atoms with Crippen LogP contribution in [0.1, 0.15) is 12.0 Å². The van der Waals surface area contributed by atoms with Crippen LogP contribution < -0.4 is 0 Å².